The molecule has 0 saturated carbocycles. The SMILES string of the molecule is O=C1[C@@H]2C3c4ccccc4C(c4ccccc43)[C@H]2C(=O)N1CN1CCOCC1. The van der Waals surface area contributed by atoms with Crippen molar-refractivity contribution in [3.05, 3.63) is 70.8 Å². The van der Waals surface area contributed by atoms with Crippen LogP contribution in [0.3, 0.4) is 0 Å². The molecule has 2 aromatic carbocycles. The Kier molecular flexibility index (Phi) is 3.52. The van der Waals surface area contributed by atoms with Crippen molar-refractivity contribution in [1.29, 1.82) is 0 Å². The van der Waals surface area contributed by atoms with Gasteiger partial charge in [0, 0.05) is 24.9 Å². The molecule has 0 unspecified atom stereocenters. The Hall–Kier alpha value is -2.50. The van der Waals surface area contributed by atoms with Gasteiger partial charge in [-0.1, -0.05) is 48.5 Å². The number of likely N-dealkylation sites (tertiary alicyclic amines) is 1. The molecule has 0 N–H and O–H groups in total. The minimum absolute atomic E-state index is 0.000461. The molecule has 5 heteroatoms. The Morgan fingerprint density at radius 1 is 0.750 bits per heavy atom. The molecule has 28 heavy (non-hydrogen) atoms. The Morgan fingerprint density at radius 3 is 1.61 bits per heavy atom. The van der Waals surface area contributed by atoms with Crippen LogP contribution in [-0.4, -0.2) is 54.6 Å². The second-order valence-corrected chi connectivity index (χ2v) is 8.24. The molecule has 3 aliphatic carbocycles. The summed E-state index contributed by atoms with van der Waals surface area (Å²) >= 11 is 0. The van der Waals surface area contributed by atoms with Crippen molar-refractivity contribution in [2.75, 3.05) is 33.0 Å². The lowest BCUT2D eigenvalue weighted by Crippen LogP contribution is -2.46. The van der Waals surface area contributed by atoms with Crippen LogP contribution in [0.25, 0.3) is 0 Å². The van der Waals surface area contributed by atoms with Crippen LogP contribution >= 0.6 is 0 Å². The van der Waals surface area contributed by atoms with Gasteiger partial charge in [-0.25, -0.2) is 0 Å². The summed E-state index contributed by atoms with van der Waals surface area (Å²) in [6, 6.07) is 16.7. The van der Waals surface area contributed by atoms with E-state index in [0.717, 1.165) is 13.1 Å². The quantitative estimate of drug-likeness (QED) is 0.756. The fourth-order valence-electron chi connectivity index (χ4n) is 5.82. The van der Waals surface area contributed by atoms with Gasteiger partial charge < -0.3 is 4.74 Å². The van der Waals surface area contributed by atoms with Gasteiger partial charge in [0.25, 0.3) is 0 Å². The number of ether oxygens (including phenoxy) is 1. The van der Waals surface area contributed by atoms with Crippen LogP contribution in [0.1, 0.15) is 34.1 Å². The van der Waals surface area contributed by atoms with Crippen molar-refractivity contribution in [2.24, 2.45) is 11.8 Å². The molecule has 2 atom stereocenters. The maximum absolute atomic E-state index is 13.5. The van der Waals surface area contributed by atoms with E-state index in [1.807, 2.05) is 24.3 Å². The number of amides is 2. The number of rotatable bonds is 2. The first kappa shape index (κ1) is 16.5. The first-order valence-corrected chi connectivity index (χ1v) is 10.1. The van der Waals surface area contributed by atoms with Crippen LogP contribution < -0.4 is 0 Å². The summed E-state index contributed by atoms with van der Waals surface area (Å²) in [5, 5.41) is 0. The predicted octanol–water partition coefficient (Wildman–Crippen LogP) is 2.17. The zero-order valence-corrected chi connectivity index (χ0v) is 15.6. The molecule has 142 valence electrons. The van der Waals surface area contributed by atoms with Gasteiger partial charge in [0.05, 0.1) is 31.7 Å². The van der Waals surface area contributed by atoms with E-state index < -0.39 is 0 Å². The van der Waals surface area contributed by atoms with Crippen LogP contribution in [0.2, 0.25) is 0 Å². The van der Waals surface area contributed by atoms with Gasteiger partial charge in [-0.3, -0.25) is 19.4 Å². The average molecular weight is 374 g/mol. The lowest BCUT2D eigenvalue weighted by Gasteiger charge is -2.45. The van der Waals surface area contributed by atoms with Gasteiger partial charge in [-0.15, -0.1) is 0 Å². The summed E-state index contributed by atoms with van der Waals surface area (Å²) in [6.45, 7) is 3.23. The molecular weight excluding hydrogens is 352 g/mol. The Labute approximate surface area is 163 Å². The summed E-state index contributed by atoms with van der Waals surface area (Å²) in [7, 11) is 0. The monoisotopic (exact) mass is 374 g/mol. The Morgan fingerprint density at radius 2 is 1.18 bits per heavy atom. The number of nitrogens with zero attached hydrogens (tertiary/aromatic N) is 2. The number of hydrogen-bond donors (Lipinski definition) is 0. The van der Waals surface area contributed by atoms with Gasteiger partial charge in [0.1, 0.15) is 0 Å². The van der Waals surface area contributed by atoms with Crippen LogP contribution in [0.15, 0.2) is 48.5 Å². The smallest absolute Gasteiger partial charge is 0.235 e. The molecule has 0 aromatic heterocycles. The van der Waals surface area contributed by atoms with E-state index in [1.165, 1.54) is 27.2 Å². The summed E-state index contributed by atoms with van der Waals surface area (Å²) in [6.07, 6.45) is 0. The molecule has 2 fully saturated rings. The number of morpholine rings is 1. The fraction of sp³-hybridized carbons (Fsp3) is 0.391. The second-order valence-electron chi connectivity index (χ2n) is 8.24. The Balaban J connectivity index is 1.45. The van der Waals surface area contributed by atoms with Crippen LogP contribution in [-0.2, 0) is 14.3 Å². The normalized spacial score (nSPS) is 30.9. The minimum atomic E-state index is -0.275. The molecule has 7 rings (SSSR count). The second kappa shape index (κ2) is 6.00. The topological polar surface area (TPSA) is 49.9 Å². The fourth-order valence-corrected chi connectivity index (χ4v) is 5.82. The van der Waals surface area contributed by atoms with E-state index in [-0.39, 0.29) is 35.5 Å². The zero-order valence-electron chi connectivity index (χ0n) is 15.6. The highest BCUT2D eigenvalue weighted by Gasteiger charge is 2.61. The summed E-state index contributed by atoms with van der Waals surface area (Å²) < 4.78 is 5.41. The summed E-state index contributed by atoms with van der Waals surface area (Å²) in [5.74, 6) is -0.588. The van der Waals surface area contributed by atoms with Crippen molar-refractivity contribution in [1.82, 2.24) is 9.80 Å². The first-order chi connectivity index (χ1) is 13.8. The minimum Gasteiger partial charge on any atom is -0.379 e. The third-order valence-electron chi connectivity index (χ3n) is 6.98. The zero-order chi connectivity index (χ0) is 18.8. The third-order valence-corrected chi connectivity index (χ3v) is 6.98. The molecule has 2 bridgehead atoms. The van der Waals surface area contributed by atoms with Gasteiger partial charge in [-0.05, 0) is 22.3 Å². The first-order valence-electron chi connectivity index (χ1n) is 10.1. The van der Waals surface area contributed by atoms with E-state index in [0.29, 0.717) is 19.9 Å². The highest BCUT2D eigenvalue weighted by molar-refractivity contribution is 6.07. The third kappa shape index (κ3) is 2.09. The van der Waals surface area contributed by atoms with Crippen LogP contribution in [0, 0.1) is 11.8 Å². The molecule has 2 saturated heterocycles. The predicted molar refractivity (Wildman–Crippen MR) is 103 cm³/mol. The van der Waals surface area contributed by atoms with Crippen molar-refractivity contribution >= 4 is 11.8 Å². The van der Waals surface area contributed by atoms with Crippen LogP contribution in [0.5, 0.6) is 0 Å². The molecule has 5 nitrogen and oxygen atoms in total. The number of benzene rings is 2. The van der Waals surface area contributed by atoms with Crippen molar-refractivity contribution < 1.29 is 14.3 Å². The molecule has 2 amide bonds. The van der Waals surface area contributed by atoms with Crippen molar-refractivity contribution in [3.8, 4) is 0 Å². The van der Waals surface area contributed by atoms with E-state index in [4.69, 9.17) is 4.74 Å². The van der Waals surface area contributed by atoms with Crippen LogP contribution in [0.4, 0.5) is 0 Å². The van der Waals surface area contributed by atoms with Crippen molar-refractivity contribution in [3.63, 3.8) is 0 Å². The lowest BCUT2D eigenvalue weighted by atomic mass is 9.55. The summed E-state index contributed by atoms with van der Waals surface area (Å²) in [4.78, 5) is 30.6. The molecule has 2 heterocycles. The highest BCUT2D eigenvalue weighted by atomic mass is 16.5. The van der Waals surface area contributed by atoms with Gasteiger partial charge in [-0.2, -0.15) is 0 Å². The largest absolute Gasteiger partial charge is 0.379 e. The molecule has 0 spiro atoms. The number of hydrogen-bond acceptors (Lipinski definition) is 4. The average Bonchev–Trinajstić information content (AvgIpc) is 3.00. The molecule has 2 aromatic rings. The van der Waals surface area contributed by atoms with E-state index in [9.17, 15) is 9.59 Å². The maximum atomic E-state index is 13.5. The van der Waals surface area contributed by atoms with E-state index in [1.54, 1.807) is 0 Å². The standard InChI is InChI=1S/C23H22N2O3/c26-22-20-18-14-5-1-2-6-15(14)19(17-8-4-3-7-16(17)18)21(20)23(27)25(22)13-24-9-11-28-12-10-24/h1-8,18-21H,9-13H2/t18?,19?,20-,21-/m1/s1. The number of imide groups is 1. The molecular formula is C23H22N2O3. The van der Waals surface area contributed by atoms with E-state index >= 15 is 0 Å². The van der Waals surface area contributed by atoms with Crippen molar-refractivity contribution in [2.45, 2.75) is 11.8 Å². The van der Waals surface area contributed by atoms with Gasteiger partial charge in [0.15, 0.2) is 0 Å². The van der Waals surface area contributed by atoms with Gasteiger partial charge >= 0.3 is 0 Å². The molecule has 0 radical (unpaired) electrons. The summed E-state index contributed by atoms with van der Waals surface area (Å²) in [5.41, 5.74) is 4.90. The molecule has 5 aliphatic rings. The van der Waals surface area contributed by atoms with E-state index in [2.05, 4.69) is 29.2 Å². The maximum Gasteiger partial charge on any atom is 0.235 e. The Bertz CT molecular complexity index is 866. The van der Waals surface area contributed by atoms with Gasteiger partial charge in [0.2, 0.25) is 11.8 Å². The highest BCUT2D eigenvalue weighted by Crippen LogP contribution is 2.60. The molecule has 2 aliphatic heterocycles. The number of carbonyl (C=O) groups is 2. The lowest BCUT2D eigenvalue weighted by molar-refractivity contribution is -0.143. The number of carbonyl (C=O) groups excluding carboxylic acids is 2.